The van der Waals surface area contributed by atoms with Crippen LogP contribution < -0.4 is 16.0 Å². The quantitative estimate of drug-likeness (QED) is 0.820. The number of nitrogens with zero attached hydrogens (tertiary/aromatic N) is 1. The number of benzene rings is 1. The fourth-order valence-corrected chi connectivity index (χ4v) is 2.82. The molecule has 1 fully saturated rings. The first-order valence-corrected chi connectivity index (χ1v) is 6.94. The highest BCUT2D eigenvalue weighted by Crippen LogP contribution is 2.29. The lowest BCUT2D eigenvalue weighted by molar-refractivity contribution is -0.121. The summed E-state index contributed by atoms with van der Waals surface area (Å²) in [5.41, 5.74) is 7.70. The molecule has 0 aromatic heterocycles. The highest BCUT2D eigenvalue weighted by molar-refractivity contribution is 5.74. The van der Waals surface area contributed by atoms with Gasteiger partial charge in [-0.2, -0.15) is 0 Å². The van der Waals surface area contributed by atoms with E-state index in [1.54, 1.807) is 6.92 Å². The highest BCUT2D eigenvalue weighted by Gasteiger charge is 2.33. The molecule has 2 rings (SSSR count). The number of carbonyl (C=O) groups excluding carboxylic acids is 1. The topological polar surface area (TPSA) is 58.4 Å². The number of nitrogens with one attached hydrogen (secondary N) is 1. The summed E-state index contributed by atoms with van der Waals surface area (Å²) in [5.74, 6) is 0.0720. The molecule has 0 atom stereocenters. The largest absolute Gasteiger partial charge is 0.399 e. The summed E-state index contributed by atoms with van der Waals surface area (Å²) in [6, 6.07) is 8.00. The number of piperidine rings is 1. The van der Waals surface area contributed by atoms with Crippen molar-refractivity contribution in [3.8, 4) is 0 Å². The van der Waals surface area contributed by atoms with Crippen molar-refractivity contribution in [3.63, 3.8) is 0 Å². The Balaban J connectivity index is 2.01. The van der Waals surface area contributed by atoms with Gasteiger partial charge in [0.2, 0.25) is 5.91 Å². The Bertz CT molecular complexity index is 433. The van der Waals surface area contributed by atoms with Crippen molar-refractivity contribution in [3.05, 3.63) is 24.3 Å². The van der Waals surface area contributed by atoms with Crippen LogP contribution in [-0.4, -0.2) is 24.5 Å². The standard InChI is InChI=1S/C15H23N3O/c1-3-15(17-12(2)19)8-10-18(11-9-15)14-6-4-13(16)5-7-14/h4-7H,3,8-11,16H2,1-2H3,(H,17,19). The number of carbonyl (C=O) groups is 1. The van der Waals surface area contributed by atoms with Crippen molar-refractivity contribution in [1.82, 2.24) is 5.32 Å². The summed E-state index contributed by atoms with van der Waals surface area (Å²) < 4.78 is 0. The Morgan fingerprint density at radius 2 is 1.89 bits per heavy atom. The lowest BCUT2D eigenvalue weighted by atomic mass is 9.84. The molecule has 0 saturated carbocycles. The summed E-state index contributed by atoms with van der Waals surface area (Å²) >= 11 is 0. The zero-order chi connectivity index (χ0) is 13.9. The second-order valence-corrected chi connectivity index (χ2v) is 5.39. The number of amides is 1. The van der Waals surface area contributed by atoms with E-state index < -0.39 is 0 Å². The SMILES string of the molecule is CCC1(NC(C)=O)CCN(c2ccc(N)cc2)CC1. The fraction of sp³-hybridized carbons (Fsp3) is 0.533. The van der Waals surface area contributed by atoms with E-state index in [4.69, 9.17) is 5.73 Å². The average Bonchev–Trinajstić information content (AvgIpc) is 2.40. The zero-order valence-electron chi connectivity index (χ0n) is 11.8. The van der Waals surface area contributed by atoms with Crippen LogP contribution in [0.15, 0.2) is 24.3 Å². The van der Waals surface area contributed by atoms with Gasteiger partial charge in [0.1, 0.15) is 0 Å². The van der Waals surface area contributed by atoms with Crippen molar-refractivity contribution in [2.75, 3.05) is 23.7 Å². The second kappa shape index (κ2) is 5.51. The van der Waals surface area contributed by atoms with Crippen LogP contribution in [-0.2, 0) is 4.79 Å². The molecule has 104 valence electrons. The molecule has 1 aromatic carbocycles. The minimum atomic E-state index is -0.0177. The molecule has 0 radical (unpaired) electrons. The Morgan fingerprint density at radius 1 is 1.32 bits per heavy atom. The minimum Gasteiger partial charge on any atom is -0.399 e. The minimum absolute atomic E-state index is 0.0177. The summed E-state index contributed by atoms with van der Waals surface area (Å²) in [4.78, 5) is 13.7. The van der Waals surface area contributed by atoms with Gasteiger partial charge in [-0.15, -0.1) is 0 Å². The van der Waals surface area contributed by atoms with E-state index in [1.807, 2.05) is 12.1 Å². The predicted molar refractivity (Wildman–Crippen MR) is 79.1 cm³/mol. The molecule has 1 aromatic rings. The molecule has 3 N–H and O–H groups in total. The molecule has 1 saturated heterocycles. The summed E-state index contributed by atoms with van der Waals surface area (Å²) in [6.07, 6.45) is 2.98. The highest BCUT2D eigenvalue weighted by atomic mass is 16.1. The van der Waals surface area contributed by atoms with E-state index in [1.165, 1.54) is 5.69 Å². The fourth-order valence-electron chi connectivity index (χ4n) is 2.82. The summed E-state index contributed by atoms with van der Waals surface area (Å²) in [6.45, 7) is 5.69. The van der Waals surface area contributed by atoms with Gasteiger partial charge in [0.05, 0.1) is 0 Å². The van der Waals surface area contributed by atoms with E-state index in [0.29, 0.717) is 0 Å². The lowest BCUT2D eigenvalue weighted by Crippen LogP contribution is -2.54. The molecule has 0 aliphatic carbocycles. The molecular weight excluding hydrogens is 238 g/mol. The van der Waals surface area contributed by atoms with Crippen LogP contribution >= 0.6 is 0 Å². The van der Waals surface area contributed by atoms with Gasteiger partial charge in [-0.25, -0.2) is 0 Å². The molecule has 0 spiro atoms. The molecule has 4 nitrogen and oxygen atoms in total. The van der Waals surface area contributed by atoms with Gasteiger partial charge >= 0.3 is 0 Å². The van der Waals surface area contributed by atoms with Crippen LogP contribution in [0, 0.1) is 0 Å². The first-order chi connectivity index (χ1) is 9.04. The van der Waals surface area contributed by atoms with E-state index in [2.05, 4.69) is 29.3 Å². The van der Waals surface area contributed by atoms with E-state index in [0.717, 1.165) is 38.0 Å². The Hall–Kier alpha value is -1.71. The van der Waals surface area contributed by atoms with Gasteiger partial charge in [0.15, 0.2) is 0 Å². The van der Waals surface area contributed by atoms with E-state index >= 15 is 0 Å². The van der Waals surface area contributed by atoms with Gasteiger partial charge in [0.25, 0.3) is 0 Å². The van der Waals surface area contributed by atoms with Crippen LogP contribution in [0.2, 0.25) is 0 Å². The van der Waals surface area contributed by atoms with Crippen molar-refractivity contribution >= 4 is 17.3 Å². The maximum atomic E-state index is 11.3. The van der Waals surface area contributed by atoms with Gasteiger partial charge in [-0.3, -0.25) is 4.79 Å². The Labute approximate surface area is 115 Å². The number of hydrogen-bond donors (Lipinski definition) is 2. The number of nitrogen functional groups attached to an aromatic ring is 1. The second-order valence-electron chi connectivity index (χ2n) is 5.39. The zero-order valence-corrected chi connectivity index (χ0v) is 11.8. The van der Waals surface area contributed by atoms with Gasteiger partial charge < -0.3 is 16.0 Å². The molecule has 0 unspecified atom stereocenters. The van der Waals surface area contributed by atoms with Crippen LogP contribution in [0.3, 0.4) is 0 Å². The molecule has 1 amide bonds. The lowest BCUT2D eigenvalue weighted by Gasteiger charge is -2.42. The van der Waals surface area contributed by atoms with Crippen molar-refractivity contribution in [2.24, 2.45) is 0 Å². The average molecular weight is 261 g/mol. The van der Waals surface area contributed by atoms with E-state index in [-0.39, 0.29) is 11.4 Å². The van der Waals surface area contributed by atoms with Crippen LogP contribution in [0.1, 0.15) is 33.1 Å². The number of hydrogen-bond acceptors (Lipinski definition) is 3. The molecule has 19 heavy (non-hydrogen) atoms. The molecule has 1 aliphatic heterocycles. The number of anilines is 2. The molecule has 4 heteroatoms. The summed E-state index contributed by atoms with van der Waals surface area (Å²) in [5, 5.41) is 3.14. The summed E-state index contributed by atoms with van der Waals surface area (Å²) in [7, 11) is 0. The molecule has 0 bridgehead atoms. The molecule has 1 aliphatic rings. The van der Waals surface area contributed by atoms with Crippen LogP contribution in [0.25, 0.3) is 0 Å². The maximum Gasteiger partial charge on any atom is 0.217 e. The Morgan fingerprint density at radius 3 is 2.37 bits per heavy atom. The first-order valence-electron chi connectivity index (χ1n) is 6.94. The third-order valence-electron chi connectivity index (χ3n) is 4.10. The van der Waals surface area contributed by atoms with Crippen molar-refractivity contribution in [2.45, 2.75) is 38.6 Å². The Kier molecular flexibility index (Phi) is 3.98. The van der Waals surface area contributed by atoms with Crippen molar-refractivity contribution in [1.29, 1.82) is 0 Å². The van der Waals surface area contributed by atoms with Gasteiger partial charge in [-0.1, -0.05) is 6.92 Å². The van der Waals surface area contributed by atoms with Crippen LogP contribution in [0.4, 0.5) is 11.4 Å². The predicted octanol–water partition coefficient (Wildman–Crippen LogP) is 2.15. The molecular formula is C15H23N3O. The van der Waals surface area contributed by atoms with Gasteiger partial charge in [-0.05, 0) is 43.5 Å². The smallest absolute Gasteiger partial charge is 0.217 e. The normalized spacial score (nSPS) is 18.1. The van der Waals surface area contributed by atoms with Crippen molar-refractivity contribution < 1.29 is 4.79 Å². The van der Waals surface area contributed by atoms with E-state index in [9.17, 15) is 4.79 Å². The first kappa shape index (κ1) is 13.7. The molecule has 1 heterocycles. The maximum absolute atomic E-state index is 11.3. The third kappa shape index (κ3) is 3.19. The number of nitrogens with two attached hydrogens (primary N) is 1. The number of rotatable bonds is 3. The third-order valence-corrected chi connectivity index (χ3v) is 4.10. The monoisotopic (exact) mass is 261 g/mol. The van der Waals surface area contributed by atoms with Gasteiger partial charge in [0, 0.05) is 36.9 Å². The van der Waals surface area contributed by atoms with Crippen LogP contribution in [0.5, 0.6) is 0 Å².